The van der Waals surface area contributed by atoms with E-state index in [1.165, 1.54) is 40.4 Å². The first-order chi connectivity index (χ1) is 13.4. The van der Waals surface area contributed by atoms with Gasteiger partial charge in [-0.3, -0.25) is 9.89 Å². The van der Waals surface area contributed by atoms with Crippen LogP contribution in [0.5, 0.6) is 0 Å². The molecule has 3 heterocycles. The highest BCUT2D eigenvalue weighted by atomic mass is 15.1. The molecule has 0 amide bonds. The first-order valence-corrected chi connectivity index (χ1v) is 9.94. The molecule has 2 aliphatic rings. The average molecular weight is 356 g/mol. The van der Waals surface area contributed by atoms with Crippen molar-refractivity contribution in [1.82, 2.24) is 14.9 Å². The van der Waals surface area contributed by atoms with E-state index in [9.17, 15) is 0 Å². The van der Waals surface area contributed by atoms with Gasteiger partial charge in [0.05, 0.1) is 11.4 Å². The lowest BCUT2D eigenvalue weighted by molar-refractivity contribution is 0.243. The molecule has 0 radical (unpaired) electrons. The van der Waals surface area contributed by atoms with E-state index in [-0.39, 0.29) is 0 Å². The molecule has 2 aromatic carbocycles. The van der Waals surface area contributed by atoms with Crippen molar-refractivity contribution in [1.29, 1.82) is 0 Å². The van der Waals surface area contributed by atoms with Crippen molar-refractivity contribution in [3.05, 3.63) is 71.3 Å². The Labute approximate surface area is 160 Å². The fraction of sp³-hybridized carbons (Fsp3) is 0.348. The summed E-state index contributed by atoms with van der Waals surface area (Å²) in [5, 5.41) is 2.67. The molecule has 0 bridgehead atoms. The third-order valence-electron chi connectivity index (χ3n) is 5.67. The van der Waals surface area contributed by atoms with E-state index < -0.39 is 0 Å². The Morgan fingerprint density at radius 3 is 2.81 bits per heavy atom. The van der Waals surface area contributed by atoms with Crippen LogP contribution in [0.25, 0.3) is 10.8 Å². The molecule has 0 saturated carbocycles. The minimum atomic E-state index is 0.857. The van der Waals surface area contributed by atoms with Crippen LogP contribution in [0.2, 0.25) is 0 Å². The van der Waals surface area contributed by atoms with E-state index in [0.29, 0.717) is 0 Å². The number of fused-ring (bicyclic) bond motifs is 2. The quantitative estimate of drug-likeness (QED) is 0.707. The van der Waals surface area contributed by atoms with Gasteiger partial charge in [0.15, 0.2) is 5.82 Å². The number of hydrogen-bond donors (Lipinski definition) is 0. The van der Waals surface area contributed by atoms with Gasteiger partial charge in [-0.15, -0.1) is 0 Å². The first-order valence-electron chi connectivity index (χ1n) is 9.94. The standard InChI is InChI=1S/C23H24N4/c1-2-9-20-17(6-1)7-5-8-18(20)15-27-13-11-21-19(16-27)14-25-23(26-21)22-10-3-4-12-24-22/h1-2,5-9,14H,3-4,10-13,15-16H2. The molecule has 0 fully saturated rings. The summed E-state index contributed by atoms with van der Waals surface area (Å²) in [6.45, 7) is 3.86. The van der Waals surface area contributed by atoms with Crippen LogP contribution in [0.15, 0.2) is 53.7 Å². The van der Waals surface area contributed by atoms with Gasteiger partial charge in [0.25, 0.3) is 0 Å². The lowest BCUT2D eigenvalue weighted by Crippen LogP contribution is -2.31. The molecular formula is C23H24N4. The van der Waals surface area contributed by atoms with Crippen LogP contribution in [0.3, 0.4) is 0 Å². The summed E-state index contributed by atoms with van der Waals surface area (Å²) in [5.74, 6) is 0.857. The van der Waals surface area contributed by atoms with Crippen LogP contribution in [-0.2, 0) is 19.5 Å². The lowest BCUT2D eigenvalue weighted by Gasteiger charge is -2.28. The van der Waals surface area contributed by atoms with Crippen molar-refractivity contribution in [3.8, 4) is 0 Å². The lowest BCUT2D eigenvalue weighted by atomic mass is 10.0. The summed E-state index contributed by atoms with van der Waals surface area (Å²) in [5.41, 5.74) is 4.97. The second-order valence-electron chi connectivity index (χ2n) is 7.55. The largest absolute Gasteiger partial charge is 0.294 e. The maximum Gasteiger partial charge on any atom is 0.173 e. The molecule has 0 atom stereocenters. The summed E-state index contributed by atoms with van der Waals surface area (Å²) >= 11 is 0. The Hall–Kier alpha value is -2.59. The zero-order valence-electron chi connectivity index (χ0n) is 15.6. The predicted molar refractivity (Wildman–Crippen MR) is 109 cm³/mol. The molecule has 0 N–H and O–H groups in total. The van der Waals surface area contributed by atoms with Crippen molar-refractivity contribution < 1.29 is 0 Å². The maximum absolute atomic E-state index is 4.86. The average Bonchev–Trinajstić information content (AvgIpc) is 2.74. The van der Waals surface area contributed by atoms with E-state index in [2.05, 4.69) is 57.3 Å². The Morgan fingerprint density at radius 1 is 0.963 bits per heavy atom. The summed E-state index contributed by atoms with van der Waals surface area (Å²) < 4.78 is 0. The summed E-state index contributed by atoms with van der Waals surface area (Å²) in [7, 11) is 0. The Balaban J connectivity index is 1.36. The number of aliphatic imine (C=N–C) groups is 1. The first kappa shape index (κ1) is 16.6. The van der Waals surface area contributed by atoms with Crippen molar-refractivity contribution in [3.63, 3.8) is 0 Å². The molecule has 4 nitrogen and oxygen atoms in total. The smallest absolute Gasteiger partial charge is 0.173 e. The fourth-order valence-corrected chi connectivity index (χ4v) is 4.20. The molecule has 2 aliphatic heterocycles. The van der Waals surface area contributed by atoms with Crippen LogP contribution < -0.4 is 0 Å². The zero-order valence-corrected chi connectivity index (χ0v) is 15.6. The van der Waals surface area contributed by atoms with Gasteiger partial charge in [0.1, 0.15) is 0 Å². The Kier molecular flexibility index (Phi) is 4.42. The third-order valence-corrected chi connectivity index (χ3v) is 5.67. The van der Waals surface area contributed by atoms with E-state index in [1.807, 2.05) is 6.20 Å². The van der Waals surface area contributed by atoms with Gasteiger partial charge in [-0.05, 0) is 35.6 Å². The normalized spacial score (nSPS) is 17.6. The molecule has 0 aliphatic carbocycles. The number of hydrogen-bond acceptors (Lipinski definition) is 4. The molecule has 136 valence electrons. The summed E-state index contributed by atoms with van der Waals surface area (Å²) in [4.78, 5) is 16.6. The van der Waals surface area contributed by atoms with Gasteiger partial charge >= 0.3 is 0 Å². The molecular weight excluding hydrogens is 332 g/mol. The van der Waals surface area contributed by atoms with Crippen LogP contribution >= 0.6 is 0 Å². The van der Waals surface area contributed by atoms with Crippen molar-refractivity contribution >= 4 is 16.5 Å². The molecule has 0 saturated heterocycles. The van der Waals surface area contributed by atoms with Crippen molar-refractivity contribution in [2.45, 2.75) is 38.8 Å². The number of benzene rings is 2. The molecule has 3 aromatic rings. The maximum atomic E-state index is 4.86. The zero-order chi connectivity index (χ0) is 18.1. The van der Waals surface area contributed by atoms with Gasteiger partial charge in [-0.25, -0.2) is 9.97 Å². The molecule has 27 heavy (non-hydrogen) atoms. The van der Waals surface area contributed by atoms with Gasteiger partial charge in [0.2, 0.25) is 0 Å². The molecule has 0 unspecified atom stereocenters. The van der Waals surface area contributed by atoms with Crippen LogP contribution in [0.4, 0.5) is 0 Å². The van der Waals surface area contributed by atoms with Crippen molar-refractivity contribution in [2.24, 2.45) is 4.99 Å². The third kappa shape index (κ3) is 3.37. The van der Waals surface area contributed by atoms with E-state index >= 15 is 0 Å². The molecule has 5 rings (SSSR count). The summed E-state index contributed by atoms with van der Waals surface area (Å²) in [6, 6.07) is 15.2. The highest BCUT2D eigenvalue weighted by Crippen LogP contribution is 2.24. The molecule has 0 spiro atoms. The monoisotopic (exact) mass is 356 g/mol. The van der Waals surface area contributed by atoms with Crippen molar-refractivity contribution in [2.75, 3.05) is 13.1 Å². The van der Waals surface area contributed by atoms with Gasteiger partial charge in [0, 0.05) is 44.4 Å². The molecule has 1 aromatic heterocycles. The van der Waals surface area contributed by atoms with Crippen LogP contribution in [0, 0.1) is 0 Å². The SMILES string of the molecule is c1ccc2c(CN3CCc4nc(C5=NCCCC5)ncc4C3)cccc2c1. The van der Waals surface area contributed by atoms with Gasteiger partial charge in [-0.2, -0.15) is 0 Å². The topological polar surface area (TPSA) is 41.4 Å². The minimum absolute atomic E-state index is 0.857. The van der Waals surface area contributed by atoms with Crippen LogP contribution in [0.1, 0.15) is 41.9 Å². The van der Waals surface area contributed by atoms with Gasteiger partial charge in [-0.1, -0.05) is 42.5 Å². The summed E-state index contributed by atoms with van der Waals surface area (Å²) in [6.07, 6.45) is 6.44. The fourth-order valence-electron chi connectivity index (χ4n) is 4.20. The van der Waals surface area contributed by atoms with E-state index in [1.54, 1.807) is 0 Å². The Morgan fingerprint density at radius 2 is 1.89 bits per heavy atom. The van der Waals surface area contributed by atoms with E-state index in [4.69, 9.17) is 4.98 Å². The minimum Gasteiger partial charge on any atom is -0.294 e. The van der Waals surface area contributed by atoms with Crippen LogP contribution in [-0.4, -0.2) is 33.7 Å². The number of nitrogens with zero attached hydrogens (tertiary/aromatic N) is 4. The second-order valence-corrected chi connectivity index (χ2v) is 7.55. The Bertz CT molecular complexity index is 1000. The number of rotatable bonds is 3. The number of aromatic nitrogens is 2. The highest BCUT2D eigenvalue weighted by Gasteiger charge is 2.20. The molecule has 4 heteroatoms. The second kappa shape index (κ2) is 7.20. The highest BCUT2D eigenvalue weighted by molar-refractivity contribution is 5.97. The van der Waals surface area contributed by atoms with Gasteiger partial charge < -0.3 is 0 Å². The van der Waals surface area contributed by atoms with E-state index in [0.717, 1.165) is 50.6 Å². The predicted octanol–water partition coefficient (Wildman–Crippen LogP) is 4.16.